The molecule has 1 aliphatic heterocycles. The molecule has 0 aliphatic carbocycles. The summed E-state index contributed by atoms with van der Waals surface area (Å²) in [5.41, 5.74) is -0.0178. The second-order valence-corrected chi connectivity index (χ2v) is 10.4. The molecule has 1 aromatic heterocycles. The van der Waals surface area contributed by atoms with Crippen LogP contribution in [0.1, 0.15) is 63.5 Å². The van der Waals surface area contributed by atoms with Crippen LogP contribution in [0, 0.1) is 11.3 Å². The minimum Gasteiger partial charge on any atom is -0.352 e. The summed E-state index contributed by atoms with van der Waals surface area (Å²) >= 11 is 0. The van der Waals surface area contributed by atoms with Crippen molar-refractivity contribution in [2.24, 2.45) is 0 Å². The lowest BCUT2D eigenvalue weighted by molar-refractivity contribution is -0.0225. The van der Waals surface area contributed by atoms with Crippen molar-refractivity contribution in [2.75, 3.05) is 18.5 Å². The fraction of sp³-hybridized carbons (Fsp3) is 0.520. The Morgan fingerprint density at radius 1 is 1.22 bits per heavy atom. The summed E-state index contributed by atoms with van der Waals surface area (Å²) in [6.45, 7) is 8.96. The molecule has 1 aromatic carbocycles. The van der Waals surface area contributed by atoms with E-state index in [0.717, 1.165) is 0 Å². The van der Waals surface area contributed by atoms with E-state index in [0.29, 0.717) is 38.0 Å². The number of benzene rings is 1. The predicted molar refractivity (Wildman–Crippen MR) is 137 cm³/mol. The normalized spacial score (nSPS) is 18.5. The molecule has 10 nitrogen and oxygen atoms in total. The number of carbonyl (C=O) groups is 1. The molecule has 1 amide bonds. The van der Waals surface area contributed by atoms with E-state index in [9.17, 15) is 9.59 Å². The maximum absolute atomic E-state index is 12.6. The van der Waals surface area contributed by atoms with Crippen LogP contribution in [0.2, 0.25) is 0 Å². The Balaban J connectivity index is 1.58. The first kappa shape index (κ1) is 27.9. The third kappa shape index (κ3) is 7.66. The van der Waals surface area contributed by atoms with Gasteiger partial charge < -0.3 is 19.1 Å². The van der Waals surface area contributed by atoms with Crippen LogP contribution >= 0.6 is 8.53 Å². The topological polar surface area (TPSA) is 119 Å². The van der Waals surface area contributed by atoms with Gasteiger partial charge in [0.1, 0.15) is 12.0 Å². The maximum atomic E-state index is 12.6. The number of anilines is 1. The van der Waals surface area contributed by atoms with E-state index in [2.05, 4.69) is 48.7 Å². The number of nitrogens with zero attached hydrogens (tertiary/aromatic N) is 4. The molecular weight excluding hydrogens is 481 g/mol. The van der Waals surface area contributed by atoms with Crippen molar-refractivity contribution >= 4 is 20.3 Å². The van der Waals surface area contributed by atoms with Crippen LogP contribution in [0.4, 0.5) is 5.82 Å². The second-order valence-electron chi connectivity index (χ2n) is 8.96. The number of rotatable bonds is 12. The summed E-state index contributed by atoms with van der Waals surface area (Å²) in [4.78, 5) is 29.0. The first-order valence-corrected chi connectivity index (χ1v) is 13.3. The van der Waals surface area contributed by atoms with Gasteiger partial charge in [0, 0.05) is 23.8 Å². The van der Waals surface area contributed by atoms with Crippen LogP contribution in [-0.2, 0) is 13.8 Å². The Bertz CT molecular complexity index is 1080. The number of amides is 1. The van der Waals surface area contributed by atoms with Gasteiger partial charge in [0.15, 0.2) is 0 Å². The zero-order valence-corrected chi connectivity index (χ0v) is 22.1. The van der Waals surface area contributed by atoms with Crippen molar-refractivity contribution in [3.05, 3.63) is 58.6 Å². The van der Waals surface area contributed by atoms with Crippen molar-refractivity contribution in [3.8, 4) is 6.07 Å². The zero-order chi connectivity index (χ0) is 26.1. The quantitative estimate of drug-likeness (QED) is 0.325. The monoisotopic (exact) mass is 515 g/mol. The van der Waals surface area contributed by atoms with Gasteiger partial charge in [-0.2, -0.15) is 10.2 Å². The number of hydrogen-bond acceptors (Lipinski definition) is 8. The Labute approximate surface area is 213 Å². The molecule has 1 N–H and O–H groups in total. The molecule has 3 atom stereocenters. The predicted octanol–water partition coefficient (Wildman–Crippen LogP) is 4.47. The van der Waals surface area contributed by atoms with Crippen LogP contribution in [0.15, 0.2) is 47.4 Å². The van der Waals surface area contributed by atoms with Gasteiger partial charge in [-0.05, 0) is 58.7 Å². The number of hydrogen-bond donors (Lipinski definition) is 1. The van der Waals surface area contributed by atoms with Crippen molar-refractivity contribution in [1.82, 2.24) is 14.2 Å². The summed E-state index contributed by atoms with van der Waals surface area (Å²) in [5.74, 6) is -0.148. The van der Waals surface area contributed by atoms with E-state index in [1.807, 2.05) is 6.07 Å². The maximum Gasteiger partial charge on any atom is 0.351 e. The molecule has 0 saturated carbocycles. The van der Waals surface area contributed by atoms with Crippen LogP contribution in [0.3, 0.4) is 0 Å². The molecule has 1 fully saturated rings. The van der Waals surface area contributed by atoms with Gasteiger partial charge in [0.2, 0.25) is 0 Å². The average molecular weight is 516 g/mol. The lowest BCUT2D eigenvalue weighted by atomic mass is 10.2. The van der Waals surface area contributed by atoms with Gasteiger partial charge in [-0.15, -0.1) is 0 Å². The highest BCUT2D eigenvalue weighted by molar-refractivity contribution is 7.44. The largest absolute Gasteiger partial charge is 0.352 e. The average Bonchev–Trinajstić information content (AvgIpc) is 3.31. The summed E-state index contributed by atoms with van der Waals surface area (Å²) in [7, 11) is -1.36. The number of nitrogens with one attached hydrogen (secondary N) is 1. The van der Waals surface area contributed by atoms with Gasteiger partial charge in [-0.25, -0.2) is 9.46 Å². The summed E-state index contributed by atoms with van der Waals surface area (Å²) < 4.78 is 21.8. The van der Waals surface area contributed by atoms with Gasteiger partial charge in [-0.1, -0.05) is 18.2 Å². The summed E-state index contributed by atoms with van der Waals surface area (Å²) in [6, 6.07) is 12.8. The van der Waals surface area contributed by atoms with E-state index >= 15 is 0 Å². The van der Waals surface area contributed by atoms with E-state index in [1.165, 1.54) is 4.57 Å². The number of ether oxygens (including phenoxy) is 1. The Morgan fingerprint density at radius 2 is 1.94 bits per heavy atom. The Morgan fingerprint density at radius 3 is 2.58 bits per heavy atom. The van der Waals surface area contributed by atoms with Gasteiger partial charge >= 0.3 is 5.69 Å². The van der Waals surface area contributed by atoms with E-state index in [1.54, 1.807) is 36.5 Å². The van der Waals surface area contributed by atoms with E-state index in [4.69, 9.17) is 19.0 Å². The van der Waals surface area contributed by atoms with Gasteiger partial charge in [0.05, 0.1) is 31.8 Å². The molecule has 2 aromatic rings. The van der Waals surface area contributed by atoms with E-state index in [-0.39, 0.29) is 29.9 Å². The van der Waals surface area contributed by atoms with Crippen LogP contribution < -0.4 is 11.0 Å². The lowest BCUT2D eigenvalue weighted by Gasteiger charge is -2.36. The van der Waals surface area contributed by atoms with Gasteiger partial charge in [-0.3, -0.25) is 9.36 Å². The molecule has 3 rings (SSSR count). The molecule has 11 heteroatoms. The Kier molecular flexibility index (Phi) is 10.5. The molecule has 1 unspecified atom stereocenters. The molecule has 2 heterocycles. The lowest BCUT2D eigenvalue weighted by Crippen LogP contribution is -2.34. The van der Waals surface area contributed by atoms with Crippen molar-refractivity contribution in [2.45, 2.75) is 71.4 Å². The second kappa shape index (κ2) is 13.6. The molecule has 0 radical (unpaired) electrons. The van der Waals surface area contributed by atoms with Crippen LogP contribution in [-0.4, -0.2) is 51.5 Å². The first-order chi connectivity index (χ1) is 17.3. The molecular formula is C25H34N5O5P. The smallest absolute Gasteiger partial charge is 0.351 e. The van der Waals surface area contributed by atoms with Crippen molar-refractivity contribution < 1.29 is 18.6 Å². The number of aromatic nitrogens is 2. The van der Waals surface area contributed by atoms with Crippen LogP contribution in [0.5, 0.6) is 0 Å². The van der Waals surface area contributed by atoms with Crippen LogP contribution in [0.25, 0.3) is 0 Å². The molecule has 194 valence electrons. The highest BCUT2D eigenvalue weighted by Gasteiger charge is 2.32. The molecule has 0 bridgehead atoms. The highest BCUT2D eigenvalue weighted by atomic mass is 31.2. The van der Waals surface area contributed by atoms with Crippen molar-refractivity contribution in [3.63, 3.8) is 0 Å². The fourth-order valence-corrected chi connectivity index (χ4v) is 5.59. The number of carbonyl (C=O) groups excluding carboxylic acids is 1. The SMILES string of the molecule is CC(C)N(C(C)C)P(OCCC#N)OC[C@@H]1CC[C@H](n2ccc(NC(=O)c3ccccc3)nc2=O)O1. The number of nitriles is 1. The third-order valence-electron chi connectivity index (χ3n) is 5.54. The zero-order valence-electron chi connectivity index (χ0n) is 21.2. The third-order valence-corrected chi connectivity index (χ3v) is 7.61. The molecule has 1 aliphatic rings. The van der Waals surface area contributed by atoms with Gasteiger partial charge in [0.25, 0.3) is 14.4 Å². The van der Waals surface area contributed by atoms with Crippen molar-refractivity contribution in [1.29, 1.82) is 5.26 Å². The fourth-order valence-electron chi connectivity index (χ4n) is 3.95. The standard InChI is InChI=1S/C25H34N5O5P/c1-18(2)30(19(3)4)36(33-16-8-14-26)34-17-21-11-12-23(35-21)29-15-13-22(28-25(29)32)27-24(31)20-9-6-5-7-10-20/h5-7,9-10,13,15,18-19,21,23H,8,11-12,16-17H2,1-4H3,(H,27,28,31,32)/t21-,23+,36?/m0/s1. The highest BCUT2D eigenvalue weighted by Crippen LogP contribution is 2.46. The molecule has 36 heavy (non-hydrogen) atoms. The molecule has 1 saturated heterocycles. The Hall–Kier alpha value is -2.67. The summed E-state index contributed by atoms with van der Waals surface area (Å²) in [6.07, 6.45) is 2.57. The minimum atomic E-state index is -1.36. The minimum absolute atomic E-state index is 0.186. The molecule has 0 spiro atoms. The van der Waals surface area contributed by atoms with E-state index < -0.39 is 20.4 Å². The first-order valence-electron chi connectivity index (χ1n) is 12.1. The summed E-state index contributed by atoms with van der Waals surface area (Å²) in [5, 5.41) is 11.5.